The van der Waals surface area contributed by atoms with Crippen LogP contribution in [0.15, 0.2) is 29.2 Å². The molecular weight excluding hydrogens is 319 g/mol. The van der Waals surface area contributed by atoms with Crippen LogP contribution in [0.4, 0.5) is 4.39 Å². The largest absolute Gasteiger partial charge is 0.353 e. The van der Waals surface area contributed by atoms with Crippen LogP contribution in [-0.2, 0) is 14.8 Å². The Morgan fingerprint density at radius 1 is 1.17 bits per heavy atom. The lowest BCUT2D eigenvalue weighted by molar-refractivity contribution is -0.121. The molecule has 0 heterocycles. The topological polar surface area (TPSA) is 75.3 Å². The zero-order valence-electron chi connectivity index (χ0n) is 13.2. The Balaban J connectivity index is 1.75. The highest BCUT2D eigenvalue weighted by molar-refractivity contribution is 7.89. The molecule has 0 bridgehead atoms. The van der Waals surface area contributed by atoms with Gasteiger partial charge in [-0.15, -0.1) is 0 Å². The Labute approximate surface area is 136 Å². The van der Waals surface area contributed by atoms with Gasteiger partial charge in [0.2, 0.25) is 15.9 Å². The SMILES string of the molecule is CC1CCC(NC(=O)CCNS(=O)(=O)c2ccc(F)cc2)CC1. The third-order valence-corrected chi connectivity index (χ3v) is 5.63. The van der Waals surface area contributed by atoms with Crippen LogP contribution < -0.4 is 10.0 Å². The summed E-state index contributed by atoms with van der Waals surface area (Å²) in [7, 11) is -3.71. The van der Waals surface area contributed by atoms with Crippen LogP contribution in [0.25, 0.3) is 0 Å². The Kier molecular flexibility index (Phi) is 6.12. The summed E-state index contributed by atoms with van der Waals surface area (Å²) in [6.45, 7) is 2.23. The van der Waals surface area contributed by atoms with Crippen LogP contribution in [0.3, 0.4) is 0 Å². The molecule has 5 nitrogen and oxygen atoms in total. The van der Waals surface area contributed by atoms with Crippen LogP contribution in [-0.4, -0.2) is 26.9 Å². The van der Waals surface area contributed by atoms with Crippen molar-refractivity contribution in [3.05, 3.63) is 30.1 Å². The number of amides is 1. The van der Waals surface area contributed by atoms with E-state index in [9.17, 15) is 17.6 Å². The van der Waals surface area contributed by atoms with Crippen LogP contribution in [0, 0.1) is 11.7 Å². The highest BCUT2D eigenvalue weighted by atomic mass is 32.2. The summed E-state index contributed by atoms with van der Waals surface area (Å²) in [6.07, 6.45) is 4.28. The van der Waals surface area contributed by atoms with E-state index in [4.69, 9.17) is 0 Å². The molecule has 1 aromatic rings. The lowest BCUT2D eigenvalue weighted by Crippen LogP contribution is -2.39. The van der Waals surface area contributed by atoms with E-state index in [-0.39, 0.29) is 29.8 Å². The predicted octanol–water partition coefficient (Wildman–Crippen LogP) is 2.19. The van der Waals surface area contributed by atoms with E-state index in [1.54, 1.807) is 0 Å². The summed E-state index contributed by atoms with van der Waals surface area (Å²) in [5.41, 5.74) is 0. The monoisotopic (exact) mass is 342 g/mol. The van der Waals surface area contributed by atoms with E-state index in [1.807, 2.05) is 0 Å². The molecule has 1 amide bonds. The predicted molar refractivity (Wildman–Crippen MR) is 85.8 cm³/mol. The van der Waals surface area contributed by atoms with Crippen LogP contribution in [0.2, 0.25) is 0 Å². The smallest absolute Gasteiger partial charge is 0.240 e. The standard InChI is InChI=1S/C16H23FN2O3S/c1-12-2-6-14(7-3-12)19-16(20)10-11-18-23(21,22)15-8-4-13(17)5-9-15/h4-5,8-9,12,14,18H,2-3,6-7,10-11H2,1H3,(H,19,20). The van der Waals surface area contributed by atoms with E-state index >= 15 is 0 Å². The summed E-state index contributed by atoms with van der Waals surface area (Å²) in [6, 6.07) is 4.77. The van der Waals surface area contributed by atoms with Crippen LogP contribution >= 0.6 is 0 Å². The summed E-state index contributed by atoms with van der Waals surface area (Å²) >= 11 is 0. The molecular formula is C16H23FN2O3S. The summed E-state index contributed by atoms with van der Waals surface area (Å²) in [5, 5.41) is 2.95. The van der Waals surface area contributed by atoms with Gasteiger partial charge in [-0.3, -0.25) is 4.79 Å². The Morgan fingerprint density at radius 2 is 1.78 bits per heavy atom. The second-order valence-corrected chi connectivity index (χ2v) is 7.89. The van der Waals surface area contributed by atoms with Gasteiger partial charge < -0.3 is 5.32 Å². The number of sulfonamides is 1. The molecule has 0 atom stereocenters. The van der Waals surface area contributed by atoms with E-state index in [0.717, 1.165) is 37.8 Å². The Morgan fingerprint density at radius 3 is 2.39 bits per heavy atom. The number of halogens is 1. The van der Waals surface area contributed by atoms with Crippen molar-refractivity contribution >= 4 is 15.9 Å². The zero-order chi connectivity index (χ0) is 16.9. The lowest BCUT2D eigenvalue weighted by atomic mass is 9.87. The van der Waals surface area contributed by atoms with Crippen molar-refractivity contribution in [2.45, 2.75) is 50.0 Å². The Hall–Kier alpha value is -1.47. The molecule has 1 aliphatic rings. The fourth-order valence-corrected chi connectivity index (χ4v) is 3.73. The molecule has 0 aromatic heterocycles. The normalized spacial score (nSPS) is 21.8. The van der Waals surface area contributed by atoms with Gasteiger partial charge in [0.1, 0.15) is 5.82 Å². The molecule has 1 aliphatic carbocycles. The highest BCUT2D eigenvalue weighted by Gasteiger charge is 2.20. The fourth-order valence-electron chi connectivity index (χ4n) is 2.70. The molecule has 0 aliphatic heterocycles. The van der Waals surface area contributed by atoms with Crippen molar-refractivity contribution < 1.29 is 17.6 Å². The van der Waals surface area contributed by atoms with Gasteiger partial charge in [-0.25, -0.2) is 17.5 Å². The maximum absolute atomic E-state index is 12.8. The first-order valence-corrected chi connectivity index (χ1v) is 9.40. The summed E-state index contributed by atoms with van der Waals surface area (Å²) in [5.74, 6) is 0.0714. The number of nitrogens with one attached hydrogen (secondary N) is 2. The van der Waals surface area contributed by atoms with Crippen molar-refractivity contribution in [3.8, 4) is 0 Å². The number of hydrogen-bond donors (Lipinski definition) is 2. The fraction of sp³-hybridized carbons (Fsp3) is 0.562. The van der Waals surface area contributed by atoms with Crippen molar-refractivity contribution in [2.24, 2.45) is 5.92 Å². The van der Waals surface area contributed by atoms with Gasteiger partial charge in [-0.1, -0.05) is 6.92 Å². The van der Waals surface area contributed by atoms with Gasteiger partial charge in [0, 0.05) is 19.0 Å². The maximum atomic E-state index is 12.8. The minimum Gasteiger partial charge on any atom is -0.353 e. The average molecular weight is 342 g/mol. The third-order valence-electron chi connectivity index (χ3n) is 4.15. The van der Waals surface area contributed by atoms with Crippen LogP contribution in [0.1, 0.15) is 39.0 Å². The average Bonchev–Trinajstić information content (AvgIpc) is 2.50. The van der Waals surface area contributed by atoms with Crippen molar-refractivity contribution in [2.75, 3.05) is 6.54 Å². The molecule has 0 saturated heterocycles. The first kappa shape index (κ1) is 17.9. The van der Waals surface area contributed by atoms with Gasteiger partial charge >= 0.3 is 0 Å². The summed E-state index contributed by atoms with van der Waals surface area (Å²) in [4.78, 5) is 11.9. The van der Waals surface area contributed by atoms with Crippen LogP contribution in [0.5, 0.6) is 0 Å². The number of benzene rings is 1. The molecule has 23 heavy (non-hydrogen) atoms. The number of rotatable bonds is 6. The third kappa shape index (κ3) is 5.58. The molecule has 2 N–H and O–H groups in total. The molecule has 1 aromatic carbocycles. The number of carbonyl (C=O) groups is 1. The number of carbonyl (C=O) groups excluding carboxylic acids is 1. The minimum absolute atomic E-state index is 0.0134. The molecule has 1 fully saturated rings. The molecule has 2 rings (SSSR count). The van der Waals surface area contributed by atoms with E-state index < -0.39 is 15.8 Å². The zero-order valence-corrected chi connectivity index (χ0v) is 14.0. The van der Waals surface area contributed by atoms with Gasteiger partial charge in [0.15, 0.2) is 0 Å². The van der Waals surface area contributed by atoms with Crippen molar-refractivity contribution in [1.29, 1.82) is 0 Å². The lowest BCUT2D eigenvalue weighted by Gasteiger charge is -2.26. The number of hydrogen-bond acceptors (Lipinski definition) is 3. The van der Waals surface area contributed by atoms with E-state index in [0.29, 0.717) is 5.92 Å². The first-order valence-electron chi connectivity index (χ1n) is 7.91. The van der Waals surface area contributed by atoms with Gasteiger partial charge in [-0.2, -0.15) is 0 Å². The quantitative estimate of drug-likeness (QED) is 0.832. The van der Waals surface area contributed by atoms with Gasteiger partial charge in [0.05, 0.1) is 4.90 Å². The van der Waals surface area contributed by atoms with E-state index in [1.165, 1.54) is 12.1 Å². The molecule has 7 heteroatoms. The molecule has 0 unspecified atom stereocenters. The minimum atomic E-state index is -3.71. The molecule has 0 spiro atoms. The first-order chi connectivity index (χ1) is 10.9. The van der Waals surface area contributed by atoms with Crippen molar-refractivity contribution in [3.63, 3.8) is 0 Å². The van der Waals surface area contributed by atoms with Gasteiger partial charge in [0.25, 0.3) is 0 Å². The molecule has 1 saturated carbocycles. The summed E-state index contributed by atoms with van der Waals surface area (Å²) < 4.78 is 39.1. The highest BCUT2D eigenvalue weighted by Crippen LogP contribution is 2.23. The maximum Gasteiger partial charge on any atom is 0.240 e. The Bertz CT molecular complexity index is 623. The van der Waals surface area contributed by atoms with Gasteiger partial charge in [-0.05, 0) is 55.9 Å². The second kappa shape index (κ2) is 7.88. The van der Waals surface area contributed by atoms with E-state index in [2.05, 4.69) is 17.0 Å². The van der Waals surface area contributed by atoms with Crippen molar-refractivity contribution in [1.82, 2.24) is 10.0 Å². The molecule has 0 radical (unpaired) electrons. The molecule has 128 valence electrons. The second-order valence-electron chi connectivity index (χ2n) is 6.13.